The number of nitrogens with zero attached hydrogens (tertiary/aromatic N) is 1. The summed E-state index contributed by atoms with van der Waals surface area (Å²) in [6, 6.07) is -0.260. The first-order valence-corrected chi connectivity index (χ1v) is 7.74. The molecule has 5 nitrogen and oxygen atoms in total. The van der Waals surface area contributed by atoms with Crippen LogP contribution >= 0.6 is 0 Å². The van der Waals surface area contributed by atoms with Crippen molar-refractivity contribution >= 4 is 11.8 Å². The summed E-state index contributed by atoms with van der Waals surface area (Å²) in [4.78, 5) is 26.9. The largest absolute Gasteiger partial charge is 0.382 e. The minimum Gasteiger partial charge on any atom is -0.382 e. The smallest absolute Gasteiger partial charge is 0.248 e. The molecule has 0 spiro atoms. The highest BCUT2D eigenvalue weighted by Gasteiger charge is 2.51. The van der Waals surface area contributed by atoms with Gasteiger partial charge in [-0.1, -0.05) is 6.92 Å². The topological polar surface area (TPSA) is 58.6 Å². The lowest BCUT2D eigenvalue weighted by Gasteiger charge is -2.44. The number of nitrogens with one attached hydrogen (secondary N) is 1. The summed E-state index contributed by atoms with van der Waals surface area (Å²) >= 11 is 0. The second-order valence-corrected chi connectivity index (χ2v) is 6.01. The number of ether oxygens (including phenoxy) is 1. The summed E-state index contributed by atoms with van der Waals surface area (Å²) in [5.41, 5.74) is -0.742. The molecule has 2 atom stereocenters. The maximum atomic E-state index is 12.7. The lowest BCUT2D eigenvalue weighted by Crippen LogP contribution is -2.69. The van der Waals surface area contributed by atoms with Crippen LogP contribution in [0.15, 0.2) is 0 Å². The first kappa shape index (κ1) is 15.3. The molecule has 20 heavy (non-hydrogen) atoms. The molecule has 1 aliphatic carbocycles. The average molecular weight is 282 g/mol. The Morgan fingerprint density at radius 2 is 2.05 bits per heavy atom. The summed E-state index contributed by atoms with van der Waals surface area (Å²) < 4.78 is 5.34. The third kappa shape index (κ3) is 2.97. The van der Waals surface area contributed by atoms with Crippen molar-refractivity contribution in [2.24, 2.45) is 5.92 Å². The fourth-order valence-electron chi connectivity index (χ4n) is 2.83. The molecule has 1 aliphatic heterocycles. The van der Waals surface area contributed by atoms with Crippen LogP contribution in [0.2, 0.25) is 0 Å². The van der Waals surface area contributed by atoms with Crippen molar-refractivity contribution in [3.05, 3.63) is 0 Å². The van der Waals surface area contributed by atoms with Crippen molar-refractivity contribution in [2.45, 2.75) is 58.0 Å². The lowest BCUT2D eigenvalue weighted by molar-refractivity contribution is -0.155. The number of carbonyl (C=O) groups excluding carboxylic acids is 2. The molecule has 5 heteroatoms. The second-order valence-electron chi connectivity index (χ2n) is 6.01. The Balaban J connectivity index is 2.07. The molecule has 2 rings (SSSR count). The SMILES string of the molecule is CCOCCCN1C(=O)C(C)(CC)NC(=O)C1C1CC1. The summed E-state index contributed by atoms with van der Waals surface area (Å²) in [6.07, 6.45) is 3.51. The Labute approximate surface area is 121 Å². The van der Waals surface area contributed by atoms with Gasteiger partial charge in [0.2, 0.25) is 11.8 Å². The van der Waals surface area contributed by atoms with Crippen molar-refractivity contribution in [3.63, 3.8) is 0 Å². The zero-order valence-corrected chi connectivity index (χ0v) is 12.8. The summed E-state index contributed by atoms with van der Waals surface area (Å²) in [7, 11) is 0. The third-order valence-corrected chi connectivity index (χ3v) is 4.40. The van der Waals surface area contributed by atoms with Crippen LogP contribution in [-0.2, 0) is 14.3 Å². The maximum absolute atomic E-state index is 12.7. The van der Waals surface area contributed by atoms with Crippen LogP contribution in [0.4, 0.5) is 0 Å². The monoisotopic (exact) mass is 282 g/mol. The van der Waals surface area contributed by atoms with Gasteiger partial charge in [0.1, 0.15) is 11.6 Å². The van der Waals surface area contributed by atoms with E-state index in [1.54, 1.807) is 4.90 Å². The Morgan fingerprint density at radius 3 is 2.60 bits per heavy atom. The van der Waals surface area contributed by atoms with Gasteiger partial charge in [-0.2, -0.15) is 0 Å². The number of rotatable bonds is 7. The predicted molar refractivity (Wildman–Crippen MR) is 76.2 cm³/mol. The molecule has 1 N–H and O–H groups in total. The van der Waals surface area contributed by atoms with Gasteiger partial charge < -0.3 is 15.0 Å². The number of hydrogen-bond acceptors (Lipinski definition) is 3. The fraction of sp³-hybridized carbons (Fsp3) is 0.867. The molecule has 0 aromatic heterocycles. The Bertz CT molecular complexity index is 381. The standard InChI is InChI=1S/C15H26N2O3/c1-4-15(3)14(19)17(9-6-10-20-5-2)12(11-7-8-11)13(18)16-15/h11-12H,4-10H2,1-3H3,(H,16,18). The quantitative estimate of drug-likeness (QED) is 0.716. The van der Waals surface area contributed by atoms with Crippen LogP contribution in [0.25, 0.3) is 0 Å². The normalized spacial score (nSPS) is 30.6. The molecule has 0 aromatic carbocycles. The van der Waals surface area contributed by atoms with Crippen molar-refractivity contribution in [3.8, 4) is 0 Å². The van der Waals surface area contributed by atoms with Gasteiger partial charge in [0, 0.05) is 19.8 Å². The van der Waals surface area contributed by atoms with Crippen molar-refractivity contribution in [1.29, 1.82) is 0 Å². The van der Waals surface area contributed by atoms with Crippen LogP contribution < -0.4 is 5.32 Å². The molecule has 2 unspecified atom stereocenters. The Morgan fingerprint density at radius 1 is 1.35 bits per heavy atom. The van der Waals surface area contributed by atoms with E-state index in [2.05, 4.69) is 5.32 Å². The van der Waals surface area contributed by atoms with Crippen molar-refractivity contribution in [2.75, 3.05) is 19.8 Å². The zero-order chi connectivity index (χ0) is 14.8. The van der Waals surface area contributed by atoms with E-state index in [-0.39, 0.29) is 17.9 Å². The zero-order valence-electron chi connectivity index (χ0n) is 12.8. The van der Waals surface area contributed by atoms with Crippen LogP contribution in [-0.4, -0.2) is 48.1 Å². The molecule has 0 aromatic rings. The number of piperazine rings is 1. The van der Waals surface area contributed by atoms with E-state index in [4.69, 9.17) is 4.74 Å². The molecule has 1 heterocycles. The van der Waals surface area contributed by atoms with Gasteiger partial charge in [-0.3, -0.25) is 9.59 Å². The molecular weight excluding hydrogens is 256 g/mol. The van der Waals surface area contributed by atoms with E-state index in [0.29, 0.717) is 32.1 Å². The first-order chi connectivity index (χ1) is 9.53. The van der Waals surface area contributed by atoms with Gasteiger partial charge in [-0.05, 0) is 45.4 Å². The molecule has 1 saturated carbocycles. The molecule has 0 bridgehead atoms. The predicted octanol–water partition coefficient (Wildman–Crippen LogP) is 1.32. The third-order valence-electron chi connectivity index (χ3n) is 4.40. The average Bonchev–Trinajstić information content (AvgIpc) is 3.24. The molecule has 2 aliphatic rings. The van der Waals surface area contributed by atoms with Gasteiger partial charge >= 0.3 is 0 Å². The maximum Gasteiger partial charge on any atom is 0.248 e. The van der Waals surface area contributed by atoms with E-state index in [1.165, 1.54) is 0 Å². The number of hydrogen-bond donors (Lipinski definition) is 1. The number of amides is 2. The molecule has 1 saturated heterocycles. The summed E-state index contributed by atoms with van der Waals surface area (Å²) in [6.45, 7) is 7.67. The minimum atomic E-state index is -0.742. The second kappa shape index (κ2) is 6.12. The van der Waals surface area contributed by atoms with Crippen LogP contribution in [0, 0.1) is 5.92 Å². The minimum absolute atomic E-state index is 0.0212. The lowest BCUT2D eigenvalue weighted by atomic mass is 9.90. The highest BCUT2D eigenvalue weighted by Crippen LogP contribution is 2.38. The van der Waals surface area contributed by atoms with E-state index >= 15 is 0 Å². The first-order valence-electron chi connectivity index (χ1n) is 7.74. The van der Waals surface area contributed by atoms with E-state index < -0.39 is 5.54 Å². The van der Waals surface area contributed by atoms with Crippen molar-refractivity contribution < 1.29 is 14.3 Å². The van der Waals surface area contributed by atoms with Gasteiger partial charge in [0.25, 0.3) is 0 Å². The Kier molecular flexibility index (Phi) is 4.68. The highest BCUT2D eigenvalue weighted by atomic mass is 16.5. The van der Waals surface area contributed by atoms with E-state index in [0.717, 1.165) is 19.3 Å². The van der Waals surface area contributed by atoms with Gasteiger partial charge in [-0.15, -0.1) is 0 Å². The van der Waals surface area contributed by atoms with Crippen LogP contribution in [0.3, 0.4) is 0 Å². The van der Waals surface area contributed by atoms with E-state index in [9.17, 15) is 9.59 Å². The van der Waals surface area contributed by atoms with E-state index in [1.807, 2.05) is 20.8 Å². The molecule has 114 valence electrons. The molecule has 2 fully saturated rings. The van der Waals surface area contributed by atoms with Gasteiger partial charge in [0.15, 0.2) is 0 Å². The van der Waals surface area contributed by atoms with Crippen LogP contribution in [0.5, 0.6) is 0 Å². The Hall–Kier alpha value is -1.10. The fourth-order valence-corrected chi connectivity index (χ4v) is 2.83. The highest BCUT2D eigenvalue weighted by molar-refractivity contribution is 5.99. The molecule has 2 amide bonds. The molecule has 0 radical (unpaired) electrons. The summed E-state index contributed by atoms with van der Waals surface area (Å²) in [5.74, 6) is 0.438. The molecular formula is C15H26N2O3. The van der Waals surface area contributed by atoms with Gasteiger partial charge in [0.05, 0.1) is 0 Å². The van der Waals surface area contributed by atoms with Crippen LogP contribution in [0.1, 0.15) is 46.5 Å². The van der Waals surface area contributed by atoms with Crippen molar-refractivity contribution in [1.82, 2.24) is 10.2 Å². The summed E-state index contributed by atoms with van der Waals surface area (Å²) in [5, 5.41) is 2.93. The number of carbonyl (C=O) groups is 2. The van der Waals surface area contributed by atoms with Gasteiger partial charge in [-0.25, -0.2) is 0 Å².